The van der Waals surface area contributed by atoms with E-state index in [1.165, 1.54) is 22.3 Å². The van der Waals surface area contributed by atoms with Crippen LogP contribution in [0.5, 0.6) is 0 Å². The van der Waals surface area contributed by atoms with Gasteiger partial charge >= 0.3 is 5.97 Å². The van der Waals surface area contributed by atoms with E-state index in [1.807, 2.05) is 12.1 Å². The summed E-state index contributed by atoms with van der Waals surface area (Å²) in [5.41, 5.74) is 5.27. The molecule has 3 atom stereocenters. The maximum atomic E-state index is 10.6. The summed E-state index contributed by atoms with van der Waals surface area (Å²) >= 11 is 0. The molecule has 2 bridgehead atoms. The van der Waals surface area contributed by atoms with Crippen LogP contribution in [-0.2, 0) is 4.79 Å². The Morgan fingerprint density at radius 3 is 2.80 bits per heavy atom. The molecule has 25 heavy (non-hydrogen) atoms. The van der Waals surface area contributed by atoms with Crippen LogP contribution >= 0.6 is 0 Å². The predicted octanol–water partition coefficient (Wildman–Crippen LogP) is 4.60. The smallest absolute Gasteiger partial charge is 0.303 e. The van der Waals surface area contributed by atoms with Crippen LogP contribution in [0.15, 0.2) is 60.2 Å². The zero-order valence-corrected chi connectivity index (χ0v) is 14.7. The van der Waals surface area contributed by atoms with E-state index >= 15 is 0 Å². The number of allylic oxidation sites excluding steroid dienone is 4. The fourth-order valence-electron chi connectivity index (χ4n) is 4.35. The first-order valence-corrected chi connectivity index (χ1v) is 8.96. The van der Waals surface area contributed by atoms with Crippen molar-refractivity contribution in [1.29, 1.82) is 0 Å². The maximum Gasteiger partial charge on any atom is 0.303 e. The van der Waals surface area contributed by atoms with E-state index in [9.17, 15) is 9.90 Å². The molecule has 2 aliphatic rings. The minimum Gasteiger partial charge on any atom is -0.481 e. The number of aliphatic hydroxyl groups excluding tert-OH is 1. The summed E-state index contributed by atoms with van der Waals surface area (Å²) in [7, 11) is 0. The first-order valence-electron chi connectivity index (χ1n) is 8.96. The molecule has 2 aliphatic carbocycles. The van der Waals surface area contributed by atoms with Crippen molar-refractivity contribution in [3.63, 3.8) is 0 Å². The van der Waals surface area contributed by atoms with Crippen LogP contribution in [-0.4, -0.2) is 22.3 Å². The van der Waals surface area contributed by atoms with E-state index in [-0.39, 0.29) is 11.8 Å². The molecule has 1 fully saturated rings. The highest BCUT2D eigenvalue weighted by Gasteiger charge is 2.48. The van der Waals surface area contributed by atoms with E-state index < -0.39 is 12.1 Å². The number of benzene rings is 1. The Balaban J connectivity index is 1.84. The summed E-state index contributed by atoms with van der Waals surface area (Å²) in [5.74, 6) is -0.416. The average Bonchev–Trinajstić information content (AvgIpc) is 3.02. The number of hydrogen-bond donors (Lipinski definition) is 2. The maximum absolute atomic E-state index is 10.6. The highest BCUT2D eigenvalue weighted by Crippen LogP contribution is 2.62. The van der Waals surface area contributed by atoms with Crippen LogP contribution in [0.3, 0.4) is 0 Å². The monoisotopic (exact) mass is 338 g/mol. The first kappa shape index (κ1) is 17.7. The number of fused-ring (bicyclic) bond motifs is 2. The highest BCUT2D eigenvalue weighted by atomic mass is 16.4. The topological polar surface area (TPSA) is 57.5 Å². The lowest BCUT2D eigenvalue weighted by molar-refractivity contribution is -0.137. The van der Waals surface area contributed by atoms with E-state index in [2.05, 4.69) is 43.8 Å². The van der Waals surface area contributed by atoms with Crippen molar-refractivity contribution in [2.24, 2.45) is 11.3 Å². The van der Waals surface area contributed by atoms with Crippen LogP contribution in [0.2, 0.25) is 0 Å². The zero-order chi connectivity index (χ0) is 18.0. The van der Waals surface area contributed by atoms with Gasteiger partial charge in [0, 0.05) is 12.3 Å². The fourth-order valence-corrected chi connectivity index (χ4v) is 4.35. The van der Waals surface area contributed by atoms with Gasteiger partial charge in [-0.25, -0.2) is 0 Å². The van der Waals surface area contributed by atoms with Crippen molar-refractivity contribution in [1.82, 2.24) is 0 Å². The number of rotatable bonds is 7. The van der Waals surface area contributed by atoms with Gasteiger partial charge in [-0.05, 0) is 47.8 Å². The second kappa shape index (κ2) is 7.01. The Morgan fingerprint density at radius 1 is 1.40 bits per heavy atom. The molecule has 2 N–H and O–H groups in total. The van der Waals surface area contributed by atoms with Crippen LogP contribution in [0.25, 0.3) is 5.57 Å². The van der Waals surface area contributed by atoms with Crippen molar-refractivity contribution in [3.05, 3.63) is 65.8 Å². The average molecular weight is 338 g/mol. The lowest BCUT2D eigenvalue weighted by Gasteiger charge is -2.27. The summed E-state index contributed by atoms with van der Waals surface area (Å²) in [5, 5.41) is 18.9. The van der Waals surface area contributed by atoms with Crippen LogP contribution in [0, 0.1) is 11.3 Å². The number of carboxylic acids is 1. The molecule has 3 rings (SSSR count). The number of aliphatic carboxylic acids is 1. The summed E-state index contributed by atoms with van der Waals surface area (Å²) in [4.78, 5) is 10.6. The lowest BCUT2D eigenvalue weighted by Crippen LogP contribution is -2.14. The quantitative estimate of drug-likeness (QED) is 0.715. The fraction of sp³-hybridized carbons (Fsp3) is 0.409. The van der Waals surface area contributed by atoms with Crippen LogP contribution < -0.4 is 0 Å². The van der Waals surface area contributed by atoms with Crippen molar-refractivity contribution in [2.45, 2.75) is 45.1 Å². The Bertz CT molecular complexity index is 729. The molecule has 3 unspecified atom stereocenters. The summed E-state index contributed by atoms with van der Waals surface area (Å²) in [6, 6.07) is 10.4. The molecule has 0 spiro atoms. The number of carboxylic acid groups (broad SMARTS) is 1. The van der Waals surface area contributed by atoms with Gasteiger partial charge in [-0.3, -0.25) is 4.79 Å². The van der Waals surface area contributed by atoms with Crippen molar-refractivity contribution in [2.75, 3.05) is 0 Å². The largest absolute Gasteiger partial charge is 0.481 e. The molecule has 0 amide bonds. The standard InChI is InChI=1S/C22H26O3/c1-15-13-22(2)14-18(15)21(16-7-4-3-5-8-16)19(22)12-11-17(23)9-6-10-20(24)25/h3-5,7-8,11-12,17-18,23H,1,6,9-10,13-14H2,2H3,(H,24,25)/b12-11+. The number of carbonyl (C=O) groups is 1. The lowest BCUT2D eigenvalue weighted by atomic mass is 9.77. The molecule has 3 nitrogen and oxygen atoms in total. The van der Waals surface area contributed by atoms with Gasteiger partial charge in [0.15, 0.2) is 0 Å². The van der Waals surface area contributed by atoms with Crippen molar-refractivity contribution < 1.29 is 15.0 Å². The van der Waals surface area contributed by atoms with Gasteiger partial charge in [0.2, 0.25) is 0 Å². The van der Waals surface area contributed by atoms with Gasteiger partial charge in [0.25, 0.3) is 0 Å². The van der Waals surface area contributed by atoms with Gasteiger partial charge in [0.05, 0.1) is 6.10 Å². The molecule has 132 valence electrons. The Labute approximate surface area is 149 Å². The van der Waals surface area contributed by atoms with E-state index in [0.717, 1.165) is 12.8 Å². The van der Waals surface area contributed by atoms with Crippen molar-refractivity contribution >= 4 is 11.5 Å². The molecule has 0 heterocycles. The van der Waals surface area contributed by atoms with E-state index in [4.69, 9.17) is 5.11 Å². The first-order chi connectivity index (χ1) is 11.9. The summed E-state index contributed by atoms with van der Waals surface area (Å²) in [6.07, 6.45) is 6.45. The summed E-state index contributed by atoms with van der Waals surface area (Å²) in [6.45, 7) is 6.56. The van der Waals surface area contributed by atoms with Gasteiger partial charge in [-0.1, -0.05) is 61.6 Å². The van der Waals surface area contributed by atoms with Gasteiger partial charge < -0.3 is 10.2 Å². The van der Waals surface area contributed by atoms with Crippen molar-refractivity contribution in [3.8, 4) is 0 Å². The third kappa shape index (κ3) is 3.62. The molecular weight excluding hydrogens is 312 g/mol. The summed E-state index contributed by atoms with van der Waals surface area (Å²) < 4.78 is 0. The molecule has 1 aromatic carbocycles. The third-order valence-electron chi connectivity index (χ3n) is 5.51. The minimum absolute atomic E-state index is 0.0875. The zero-order valence-electron chi connectivity index (χ0n) is 14.7. The molecule has 0 aliphatic heterocycles. The molecule has 0 radical (unpaired) electrons. The van der Waals surface area contributed by atoms with E-state index in [1.54, 1.807) is 0 Å². The molecule has 1 aromatic rings. The van der Waals surface area contributed by atoms with Gasteiger partial charge in [0.1, 0.15) is 0 Å². The second-order valence-corrected chi connectivity index (χ2v) is 7.56. The third-order valence-corrected chi connectivity index (χ3v) is 5.51. The Kier molecular flexibility index (Phi) is 4.96. The normalized spacial score (nSPS) is 26.6. The molecule has 3 heteroatoms. The predicted molar refractivity (Wildman–Crippen MR) is 100.0 cm³/mol. The Morgan fingerprint density at radius 2 is 2.12 bits per heavy atom. The van der Waals surface area contributed by atoms with Gasteiger partial charge in [-0.2, -0.15) is 0 Å². The van der Waals surface area contributed by atoms with Crippen LogP contribution in [0.1, 0.15) is 44.6 Å². The SMILES string of the molecule is C=C1CC2(C)CC1C(c1ccccc1)=C2/C=C/C(O)CCCC(=O)O. The molecule has 0 aromatic heterocycles. The second-order valence-electron chi connectivity index (χ2n) is 7.56. The number of aliphatic hydroxyl groups is 1. The highest BCUT2D eigenvalue weighted by molar-refractivity contribution is 5.80. The van der Waals surface area contributed by atoms with Gasteiger partial charge in [-0.15, -0.1) is 0 Å². The number of hydrogen-bond acceptors (Lipinski definition) is 2. The molecule has 1 saturated carbocycles. The Hall–Kier alpha value is -2.13. The minimum atomic E-state index is -0.815. The molecule has 0 saturated heterocycles. The van der Waals surface area contributed by atoms with E-state index in [0.29, 0.717) is 18.8 Å². The van der Waals surface area contributed by atoms with Crippen LogP contribution in [0.4, 0.5) is 0 Å². The molecular formula is C22H26O3.